The van der Waals surface area contributed by atoms with Crippen LogP contribution in [0.1, 0.15) is 9.67 Å². The van der Waals surface area contributed by atoms with Crippen LogP contribution >= 0.6 is 11.3 Å². The molecular weight excluding hydrogens is 336 g/mol. The summed E-state index contributed by atoms with van der Waals surface area (Å²) in [5.74, 6) is 0.465. The molecule has 6 heteroatoms. The minimum absolute atomic E-state index is 0.343. The van der Waals surface area contributed by atoms with Gasteiger partial charge in [-0.05, 0) is 43.9 Å². The molecule has 3 rings (SSSR count). The molecule has 0 amide bonds. The smallest absolute Gasteiger partial charge is 0.348 e. The zero-order valence-corrected chi connectivity index (χ0v) is 15.3. The maximum atomic E-state index is 12.2. The Balaban J connectivity index is 1.94. The fourth-order valence-electron chi connectivity index (χ4n) is 2.52. The largest absolute Gasteiger partial charge is 0.492 e. The van der Waals surface area contributed by atoms with Crippen LogP contribution in [-0.2, 0) is 4.74 Å². The number of nitrogens with zero attached hydrogens (tertiary/aromatic N) is 2. The number of fused-ring (bicyclic) bond motifs is 1. The van der Waals surface area contributed by atoms with Crippen LogP contribution in [0.5, 0.6) is 5.75 Å². The van der Waals surface area contributed by atoms with Gasteiger partial charge in [0.25, 0.3) is 0 Å². The Morgan fingerprint density at radius 1 is 1.20 bits per heavy atom. The van der Waals surface area contributed by atoms with Crippen molar-refractivity contribution in [3.8, 4) is 16.9 Å². The van der Waals surface area contributed by atoms with Gasteiger partial charge in [0.1, 0.15) is 22.1 Å². The molecule has 0 saturated heterocycles. The Labute approximate surface area is 150 Å². The third-order valence-corrected chi connectivity index (χ3v) is 4.88. The minimum Gasteiger partial charge on any atom is -0.492 e. The topological polar surface area (TPSA) is 51.7 Å². The number of esters is 1. The highest BCUT2D eigenvalue weighted by Crippen LogP contribution is 2.38. The van der Waals surface area contributed by atoms with E-state index in [4.69, 9.17) is 9.47 Å². The lowest BCUT2D eigenvalue weighted by Gasteiger charge is -2.11. The molecule has 0 aliphatic heterocycles. The number of carbonyl (C=O) groups excluding carboxylic acids is 1. The number of pyridine rings is 1. The summed E-state index contributed by atoms with van der Waals surface area (Å²) in [6.45, 7) is 1.49. The van der Waals surface area contributed by atoms with E-state index >= 15 is 0 Å². The summed E-state index contributed by atoms with van der Waals surface area (Å²) < 4.78 is 10.7. The lowest BCUT2D eigenvalue weighted by atomic mass is 10.0. The monoisotopic (exact) mass is 356 g/mol. The summed E-state index contributed by atoms with van der Waals surface area (Å²) in [4.78, 5) is 20.0. The summed E-state index contributed by atoms with van der Waals surface area (Å²) >= 11 is 1.35. The third kappa shape index (κ3) is 3.81. The van der Waals surface area contributed by atoms with Crippen LogP contribution in [0.3, 0.4) is 0 Å². The molecule has 0 aliphatic carbocycles. The Kier molecular flexibility index (Phi) is 5.31. The maximum absolute atomic E-state index is 12.2. The molecule has 0 aliphatic rings. The highest BCUT2D eigenvalue weighted by molar-refractivity contribution is 7.21. The van der Waals surface area contributed by atoms with Crippen molar-refractivity contribution in [3.63, 3.8) is 0 Å². The third-order valence-electron chi connectivity index (χ3n) is 3.79. The molecule has 0 radical (unpaired) electrons. The highest BCUT2D eigenvalue weighted by Gasteiger charge is 2.20. The number of benzene rings is 1. The molecule has 2 aromatic heterocycles. The van der Waals surface area contributed by atoms with Crippen molar-refractivity contribution in [2.24, 2.45) is 0 Å². The van der Waals surface area contributed by atoms with Gasteiger partial charge in [0.05, 0.1) is 7.11 Å². The number of hydrogen-bond acceptors (Lipinski definition) is 6. The quantitative estimate of drug-likeness (QED) is 0.631. The van der Waals surface area contributed by atoms with Crippen molar-refractivity contribution < 1.29 is 14.3 Å². The molecule has 25 heavy (non-hydrogen) atoms. The van der Waals surface area contributed by atoms with Gasteiger partial charge in [-0.25, -0.2) is 9.78 Å². The van der Waals surface area contributed by atoms with Gasteiger partial charge in [0.15, 0.2) is 0 Å². The van der Waals surface area contributed by atoms with E-state index in [-0.39, 0.29) is 5.97 Å². The second-order valence-corrected chi connectivity index (χ2v) is 6.83. The van der Waals surface area contributed by atoms with Crippen LogP contribution in [0.2, 0.25) is 0 Å². The standard InChI is InChI=1S/C19H20N2O3S/c1-21(2)11-12-24-14-8-6-13(7-9-14)16-15-5-4-10-20-18(15)25-17(16)19(22)23-3/h4-10H,11-12H2,1-3H3. The first-order chi connectivity index (χ1) is 12.1. The van der Waals surface area contributed by atoms with E-state index in [0.29, 0.717) is 11.5 Å². The predicted octanol–water partition coefficient (Wildman–Crippen LogP) is 3.69. The molecule has 0 saturated carbocycles. The Morgan fingerprint density at radius 3 is 2.64 bits per heavy atom. The number of carbonyl (C=O) groups is 1. The van der Waals surface area contributed by atoms with Crippen LogP contribution in [0, 0.1) is 0 Å². The van der Waals surface area contributed by atoms with Crippen LogP contribution in [-0.4, -0.2) is 50.2 Å². The van der Waals surface area contributed by atoms with Crippen molar-refractivity contribution in [1.82, 2.24) is 9.88 Å². The molecule has 3 aromatic rings. The second-order valence-electron chi connectivity index (χ2n) is 5.83. The van der Waals surface area contributed by atoms with Gasteiger partial charge >= 0.3 is 5.97 Å². The molecule has 0 fully saturated rings. The maximum Gasteiger partial charge on any atom is 0.348 e. The molecule has 0 bridgehead atoms. The number of aromatic nitrogens is 1. The molecule has 0 unspecified atom stereocenters. The van der Waals surface area contributed by atoms with Gasteiger partial charge in [0, 0.05) is 23.7 Å². The van der Waals surface area contributed by atoms with Gasteiger partial charge in [-0.2, -0.15) is 0 Å². The molecule has 0 atom stereocenters. The molecule has 130 valence electrons. The zero-order valence-electron chi connectivity index (χ0n) is 14.5. The average molecular weight is 356 g/mol. The highest BCUT2D eigenvalue weighted by atomic mass is 32.1. The number of ether oxygens (including phenoxy) is 2. The Morgan fingerprint density at radius 2 is 1.96 bits per heavy atom. The van der Waals surface area contributed by atoms with E-state index in [0.717, 1.165) is 33.6 Å². The zero-order chi connectivity index (χ0) is 17.8. The van der Waals surface area contributed by atoms with Crippen molar-refractivity contribution >= 4 is 27.5 Å². The average Bonchev–Trinajstić information content (AvgIpc) is 3.01. The summed E-state index contributed by atoms with van der Waals surface area (Å²) in [7, 11) is 5.42. The number of hydrogen-bond donors (Lipinski definition) is 0. The van der Waals surface area contributed by atoms with Gasteiger partial charge < -0.3 is 14.4 Å². The van der Waals surface area contributed by atoms with Crippen molar-refractivity contribution in [1.29, 1.82) is 0 Å². The minimum atomic E-state index is -0.343. The number of methoxy groups -OCH3 is 1. The summed E-state index contributed by atoms with van der Waals surface area (Å²) in [5.41, 5.74) is 1.81. The van der Waals surface area contributed by atoms with Gasteiger partial charge in [-0.3, -0.25) is 0 Å². The van der Waals surface area contributed by atoms with E-state index in [1.165, 1.54) is 18.4 Å². The predicted molar refractivity (Wildman–Crippen MR) is 100 cm³/mol. The van der Waals surface area contributed by atoms with Gasteiger partial charge in [-0.1, -0.05) is 12.1 Å². The van der Waals surface area contributed by atoms with E-state index in [1.54, 1.807) is 6.20 Å². The van der Waals surface area contributed by atoms with E-state index in [9.17, 15) is 4.79 Å². The van der Waals surface area contributed by atoms with E-state index in [1.807, 2.05) is 50.5 Å². The Bertz CT molecular complexity index is 872. The van der Waals surface area contributed by atoms with Gasteiger partial charge in [-0.15, -0.1) is 11.3 Å². The van der Waals surface area contributed by atoms with Crippen LogP contribution in [0.25, 0.3) is 21.3 Å². The summed E-state index contributed by atoms with van der Waals surface area (Å²) in [5, 5.41) is 0.953. The first kappa shape index (κ1) is 17.4. The normalized spacial score (nSPS) is 11.0. The second kappa shape index (κ2) is 7.63. The van der Waals surface area contributed by atoms with Crippen molar-refractivity contribution in [2.75, 3.05) is 34.4 Å². The lowest BCUT2D eigenvalue weighted by Crippen LogP contribution is -2.19. The fraction of sp³-hybridized carbons (Fsp3) is 0.263. The van der Waals surface area contributed by atoms with Gasteiger partial charge in [0.2, 0.25) is 0 Å². The van der Waals surface area contributed by atoms with E-state index < -0.39 is 0 Å². The SMILES string of the molecule is COC(=O)c1sc2ncccc2c1-c1ccc(OCCN(C)C)cc1. The number of likely N-dealkylation sites (N-methyl/N-ethyl adjacent to an activating group) is 1. The Hall–Kier alpha value is -2.44. The number of rotatable bonds is 6. The van der Waals surface area contributed by atoms with Crippen molar-refractivity contribution in [2.45, 2.75) is 0 Å². The summed E-state index contributed by atoms with van der Waals surface area (Å²) in [6, 6.07) is 11.6. The number of thiophene rings is 1. The summed E-state index contributed by atoms with van der Waals surface area (Å²) in [6.07, 6.45) is 1.73. The van der Waals surface area contributed by atoms with Crippen molar-refractivity contribution in [3.05, 3.63) is 47.5 Å². The molecule has 5 nitrogen and oxygen atoms in total. The first-order valence-electron chi connectivity index (χ1n) is 7.94. The first-order valence-corrected chi connectivity index (χ1v) is 8.75. The molecular formula is C19H20N2O3S. The lowest BCUT2D eigenvalue weighted by molar-refractivity contribution is 0.0607. The fourth-order valence-corrected chi connectivity index (χ4v) is 3.60. The van der Waals surface area contributed by atoms with Crippen LogP contribution in [0.15, 0.2) is 42.6 Å². The van der Waals surface area contributed by atoms with E-state index in [2.05, 4.69) is 9.88 Å². The molecule has 1 aromatic carbocycles. The van der Waals surface area contributed by atoms with Crippen LogP contribution in [0.4, 0.5) is 0 Å². The molecule has 2 heterocycles. The van der Waals surface area contributed by atoms with Crippen LogP contribution < -0.4 is 4.74 Å². The molecule has 0 spiro atoms. The molecule has 0 N–H and O–H groups in total.